The molecule has 1 fully saturated rings. The maximum absolute atomic E-state index is 12.6. The molecule has 5 rings (SSSR count). The van der Waals surface area contributed by atoms with Gasteiger partial charge in [0.1, 0.15) is 17.9 Å². The fraction of sp³-hybridized carbons (Fsp3) is 0.348. The molecule has 1 N–H and O–H groups in total. The topological polar surface area (TPSA) is 57.8 Å². The molecule has 0 unspecified atom stereocenters. The van der Waals surface area contributed by atoms with Crippen LogP contribution in [0.3, 0.4) is 0 Å². The molecule has 0 radical (unpaired) electrons. The molecular weight excluding hydrogens is 402 g/mol. The Morgan fingerprint density at radius 2 is 1.87 bits per heavy atom. The van der Waals surface area contributed by atoms with Gasteiger partial charge in [-0.15, -0.1) is 0 Å². The second-order valence-corrected chi connectivity index (χ2v) is 8.11. The molecule has 2 aliphatic rings. The highest BCUT2D eigenvalue weighted by Gasteiger charge is 2.39. The van der Waals surface area contributed by atoms with Gasteiger partial charge >= 0.3 is 6.09 Å². The highest BCUT2D eigenvalue weighted by Crippen LogP contribution is 2.41. The number of nitrogens with one attached hydrogen (secondary N) is 1. The molecular formula is C23H24ClN3O3. The third kappa shape index (κ3) is 3.20. The normalized spacial score (nSPS) is 21.5. The number of carbonyl (C=O) groups excluding carboxylic acids is 1. The van der Waals surface area contributed by atoms with E-state index in [2.05, 4.69) is 50.6 Å². The number of H-pyrrole nitrogens is 1. The molecule has 3 heterocycles. The van der Waals surface area contributed by atoms with Gasteiger partial charge in [-0.05, 0) is 42.7 Å². The third-order valence-electron chi connectivity index (χ3n) is 6.23. The van der Waals surface area contributed by atoms with Gasteiger partial charge < -0.3 is 18.9 Å². The standard InChI is InChI=1S/C23H24ClN3O3/c1-15-14-19-18-4-2-3-5-20(18)25-21(19)22(27(15)23(28)30-24)16-6-8-17(9-7-16)26-10-12-29-13-11-26/h2-9,15,22,25H,10-14H2,1H3/t15-,22-/m0/s1. The van der Waals surface area contributed by atoms with Crippen molar-refractivity contribution in [2.75, 3.05) is 31.2 Å². The van der Waals surface area contributed by atoms with E-state index in [9.17, 15) is 4.79 Å². The van der Waals surface area contributed by atoms with Gasteiger partial charge in [-0.1, -0.05) is 30.3 Å². The van der Waals surface area contributed by atoms with Crippen LogP contribution < -0.4 is 4.90 Å². The maximum Gasteiger partial charge on any atom is 0.429 e. The van der Waals surface area contributed by atoms with Crippen LogP contribution in [0.25, 0.3) is 10.9 Å². The second-order valence-electron chi connectivity index (χ2n) is 7.96. The number of nitrogens with zero attached hydrogens (tertiary/aromatic N) is 2. The number of anilines is 1. The number of hydrogen-bond acceptors (Lipinski definition) is 4. The van der Waals surface area contributed by atoms with Crippen LogP contribution >= 0.6 is 11.9 Å². The molecule has 156 valence electrons. The third-order valence-corrected chi connectivity index (χ3v) is 6.37. The van der Waals surface area contributed by atoms with Crippen LogP contribution in [0.1, 0.15) is 29.8 Å². The lowest BCUT2D eigenvalue weighted by molar-refractivity contribution is 0.115. The minimum Gasteiger partial charge on any atom is -0.378 e. The van der Waals surface area contributed by atoms with E-state index in [1.807, 2.05) is 19.1 Å². The summed E-state index contributed by atoms with van der Waals surface area (Å²) in [5.74, 6) is 0. The van der Waals surface area contributed by atoms with E-state index in [4.69, 9.17) is 16.6 Å². The van der Waals surface area contributed by atoms with Crippen LogP contribution in [0.15, 0.2) is 48.5 Å². The first-order valence-corrected chi connectivity index (χ1v) is 10.6. The van der Waals surface area contributed by atoms with Crippen molar-refractivity contribution in [3.05, 3.63) is 65.4 Å². The van der Waals surface area contributed by atoms with Crippen LogP contribution in [-0.4, -0.2) is 48.3 Å². The first-order chi connectivity index (χ1) is 14.7. The number of fused-ring (bicyclic) bond motifs is 3. The average Bonchev–Trinajstić information content (AvgIpc) is 3.16. The summed E-state index contributed by atoms with van der Waals surface area (Å²) in [4.78, 5) is 20.2. The summed E-state index contributed by atoms with van der Waals surface area (Å²) >= 11 is 5.52. The molecule has 2 aromatic carbocycles. The van der Waals surface area contributed by atoms with E-state index in [0.29, 0.717) is 0 Å². The Balaban J connectivity index is 1.59. The zero-order valence-corrected chi connectivity index (χ0v) is 17.6. The van der Waals surface area contributed by atoms with E-state index >= 15 is 0 Å². The summed E-state index contributed by atoms with van der Waals surface area (Å²) in [6.07, 6.45) is 0.212. The molecule has 0 aliphatic carbocycles. The van der Waals surface area contributed by atoms with Gasteiger partial charge in [-0.2, -0.15) is 0 Å². The maximum atomic E-state index is 12.6. The summed E-state index contributed by atoms with van der Waals surface area (Å²) in [6.45, 7) is 5.30. The summed E-state index contributed by atoms with van der Waals surface area (Å²) in [6, 6.07) is 16.4. The lowest BCUT2D eigenvalue weighted by Crippen LogP contribution is -2.45. The number of aromatic nitrogens is 1. The molecule has 1 saturated heterocycles. The van der Waals surface area contributed by atoms with Crippen molar-refractivity contribution in [2.45, 2.75) is 25.4 Å². The molecule has 1 amide bonds. The predicted molar refractivity (Wildman–Crippen MR) is 117 cm³/mol. The van der Waals surface area contributed by atoms with Crippen molar-refractivity contribution < 1.29 is 13.8 Å². The second kappa shape index (κ2) is 7.85. The fourth-order valence-electron chi connectivity index (χ4n) is 4.80. The van der Waals surface area contributed by atoms with E-state index in [0.717, 1.165) is 55.2 Å². The van der Waals surface area contributed by atoms with Crippen LogP contribution in [0.4, 0.5) is 10.5 Å². The number of amides is 1. The predicted octanol–water partition coefficient (Wildman–Crippen LogP) is 4.63. The lowest BCUT2D eigenvalue weighted by Gasteiger charge is -2.39. The van der Waals surface area contributed by atoms with Crippen LogP contribution in [0.2, 0.25) is 0 Å². The largest absolute Gasteiger partial charge is 0.429 e. The summed E-state index contributed by atoms with van der Waals surface area (Å²) in [7, 11) is 0. The molecule has 2 atom stereocenters. The number of halogens is 1. The molecule has 6 nitrogen and oxygen atoms in total. The Hall–Kier alpha value is -2.70. The van der Waals surface area contributed by atoms with Crippen molar-refractivity contribution in [3.8, 4) is 0 Å². The van der Waals surface area contributed by atoms with Crippen LogP contribution in [-0.2, 0) is 15.4 Å². The quantitative estimate of drug-likeness (QED) is 0.650. The SMILES string of the molecule is C[C@H]1Cc2c([nH]c3ccccc23)[C@H](c2ccc(N3CCOCC3)cc2)N1C(=O)OCl. The van der Waals surface area contributed by atoms with Crippen molar-refractivity contribution in [3.63, 3.8) is 0 Å². The molecule has 1 aromatic heterocycles. The summed E-state index contributed by atoms with van der Waals surface area (Å²) in [5, 5.41) is 1.20. The highest BCUT2D eigenvalue weighted by molar-refractivity contribution is 6.13. The van der Waals surface area contributed by atoms with Crippen molar-refractivity contribution >= 4 is 34.5 Å². The van der Waals surface area contributed by atoms with Gasteiger partial charge in [0.15, 0.2) is 0 Å². The number of benzene rings is 2. The summed E-state index contributed by atoms with van der Waals surface area (Å²) < 4.78 is 10.1. The van der Waals surface area contributed by atoms with Gasteiger partial charge in [0, 0.05) is 41.4 Å². The first kappa shape index (κ1) is 19.3. The van der Waals surface area contributed by atoms with Gasteiger partial charge in [-0.25, -0.2) is 4.79 Å². The summed E-state index contributed by atoms with van der Waals surface area (Å²) in [5.41, 5.74) is 5.53. The number of morpholine rings is 1. The van der Waals surface area contributed by atoms with Crippen molar-refractivity contribution in [2.24, 2.45) is 0 Å². The Labute approximate surface area is 180 Å². The van der Waals surface area contributed by atoms with Crippen LogP contribution in [0, 0.1) is 0 Å². The number of rotatable bonds is 2. The zero-order valence-electron chi connectivity index (χ0n) is 16.8. The van der Waals surface area contributed by atoms with Gasteiger partial charge in [0.25, 0.3) is 0 Å². The smallest absolute Gasteiger partial charge is 0.378 e. The Bertz CT molecular complexity index is 1060. The number of ether oxygens (including phenoxy) is 1. The first-order valence-electron chi connectivity index (χ1n) is 10.3. The molecule has 0 saturated carbocycles. The Kier molecular flexibility index (Phi) is 5.05. The minimum absolute atomic E-state index is 0.0492. The highest BCUT2D eigenvalue weighted by atomic mass is 35.5. The van der Waals surface area contributed by atoms with Gasteiger partial charge in [0.05, 0.1) is 13.2 Å². The molecule has 0 bridgehead atoms. The Morgan fingerprint density at radius 3 is 2.60 bits per heavy atom. The fourth-order valence-corrected chi connectivity index (χ4v) is 4.88. The van der Waals surface area contributed by atoms with E-state index < -0.39 is 6.09 Å². The molecule has 30 heavy (non-hydrogen) atoms. The average molecular weight is 426 g/mol. The molecule has 0 spiro atoms. The molecule has 7 heteroatoms. The lowest BCUT2D eigenvalue weighted by atomic mass is 9.89. The van der Waals surface area contributed by atoms with Crippen molar-refractivity contribution in [1.29, 1.82) is 0 Å². The van der Waals surface area contributed by atoms with Crippen LogP contribution in [0.5, 0.6) is 0 Å². The van der Waals surface area contributed by atoms with Gasteiger partial charge in [0.2, 0.25) is 0 Å². The zero-order chi connectivity index (χ0) is 20.7. The van der Waals surface area contributed by atoms with Crippen molar-refractivity contribution in [1.82, 2.24) is 9.88 Å². The monoisotopic (exact) mass is 425 g/mol. The molecule has 3 aromatic rings. The van der Waals surface area contributed by atoms with E-state index in [-0.39, 0.29) is 12.1 Å². The number of aromatic amines is 1. The number of carbonyl (C=O) groups is 1. The van der Waals surface area contributed by atoms with E-state index in [1.54, 1.807) is 4.90 Å². The minimum atomic E-state index is -0.532. The number of hydrogen-bond donors (Lipinski definition) is 1. The molecule has 2 aliphatic heterocycles. The number of para-hydroxylation sites is 1. The Morgan fingerprint density at radius 1 is 1.13 bits per heavy atom. The van der Waals surface area contributed by atoms with Gasteiger partial charge in [-0.3, -0.25) is 4.90 Å². The van der Waals surface area contributed by atoms with E-state index in [1.165, 1.54) is 10.9 Å².